The maximum Gasteiger partial charge on any atom is 0.293 e. The Bertz CT molecular complexity index is 796. The van der Waals surface area contributed by atoms with Gasteiger partial charge in [0.1, 0.15) is 0 Å². The third-order valence-electron chi connectivity index (χ3n) is 3.00. The van der Waals surface area contributed by atoms with Crippen LogP contribution in [0.1, 0.15) is 12.0 Å². The van der Waals surface area contributed by atoms with Gasteiger partial charge in [0.2, 0.25) is 0 Å². The smallest absolute Gasteiger partial charge is 0.268 e. The molecule has 0 unspecified atom stereocenters. The molecular weight excluding hydrogens is 354 g/mol. The number of allylic oxidation sites excluding steroid dienone is 2. The molecule has 0 bridgehead atoms. The zero-order valence-electron chi connectivity index (χ0n) is 12.1. The monoisotopic (exact) mass is 363 g/mol. The Hall–Kier alpha value is -2.63. The topological polar surface area (TPSA) is 104 Å². The molecule has 1 aromatic carbocycles. The molecule has 1 aromatic rings. The molecule has 122 valence electrons. The number of non-ortho nitro benzene ring substituents is 1. The molecule has 1 fully saturated rings. The molecule has 7 nitrogen and oxygen atoms in total. The van der Waals surface area contributed by atoms with E-state index in [1.165, 1.54) is 36.4 Å². The van der Waals surface area contributed by atoms with E-state index in [0.29, 0.717) is 5.56 Å². The van der Waals surface area contributed by atoms with Gasteiger partial charge in [-0.3, -0.25) is 24.6 Å². The van der Waals surface area contributed by atoms with E-state index in [9.17, 15) is 19.7 Å². The number of hydrogen-bond acceptors (Lipinski definition) is 6. The number of imide groups is 1. The van der Waals surface area contributed by atoms with Gasteiger partial charge in [-0.25, -0.2) is 0 Å². The zero-order valence-corrected chi connectivity index (χ0v) is 13.7. The molecule has 2 amide bonds. The molecule has 0 spiro atoms. The van der Waals surface area contributed by atoms with Crippen molar-refractivity contribution >= 4 is 46.3 Å². The molecule has 9 heteroatoms. The molecule has 24 heavy (non-hydrogen) atoms. The first kappa shape index (κ1) is 17.7. The second-order valence-corrected chi connectivity index (χ2v) is 6.05. The molecule has 0 aromatic heterocycles. The van der Waals surface area contributed by atoms with Crippen LogP contribution in [0.4, 0.5) is 10.5 Å². The number of rotatable bonds is 5. The van der Waals surface area contributed by atoms with Crippen molar-refractivity contribution in [3.8, 4) is 6.07 Å². The number of hydrogen-bond donors (Lipinski definition) is 0. The fourth-order valence-electron chi connectivity index (χ4n) is 1.87. The van der Waals surface area contributed by atoms with Crippen LogP contribution in [0.3, 0.4) is 0 Å². The van der Waals surface area contributed by atoms with Gasteiger partial charge in [-0.2, -0.15) is 5.26 Å². The largest absolute Gasteiger partial charge is 0.293 e. The summed E-state index contributed by atoms with van der Waals surface area (Å²) < 4.78 is 0. The minimum absolute atomic E-state index is 0.0399. The van der Waals surface area contributed by atoms with E-state index in [0.717, 1.165) is 16.7 Å². The summed E-state index contributed by atoms with van der Waals surface area (Å²) >= 11 is 6.82. The molecule has 0 radical (unpaired) electrons. The Morgan fingerprint density at radius 2 is 2.04 bits per heavy atom. The van der Waals surface area contributed by atoms with E-state index in [1.807, 2.05) is 6.07 Å². The summed E-state index contributed by atoms with van der Waals surface area (Å²) in [6, 6.07) is 7.60. The molecule has 0 aliphatic carbocycles. The summed E-state index contributed by atoms with van der Waals surface area (Å²) in [5.74, 6) is -0.490. The first-order chi connectivity index (χ1) is 11.4. The second-order valence-electron chi connectivity index (χ2n) is 4.62. The molecule has 0 saturated carbocycles. The van der Waals surface area contributed by atoms with Crippen molar-refractivity contribution in [2.45, 2.75) is 6.42 Å². The number of nitrogens with zero attached hydrogens (tertiary/aromatic N) is 3. The normalized spacial score (nSPS) is 16.6. The van der Waals surface area contributed by atoms with E-state index in [2.05, 4.69) is 0 Å². The fourth-order valence-corrected chi connectivity index (χ4v) is 3.03. The summed E-state index contributed by atoms with van der Waals surface area (Å²) in [7, 11) is 0. The maximum atomic E-state index is 12.1. The van der Waals surface area contributed by atoms with Gasteiger partial charge in [-0.1, -0.05) is 11.6 Å². The van der Waals surface area contributed by atoms with Gasteiger partial charge in [0, 0.05) is 23.7 Å². The second kappa shape index (κ2) is 7.77. The van der Waals surface area contributed by atoms with Crippen LogP contribution in [0.25, 0.3) is 6.08 Å². The highest BCUT2D eigenvalue weighted by molar-refractivity contribution is 8.18. The number of nitriles is 1. The van der Waals surface area contributed by atoms with E-state index >= 15 is 0 Å². The van der Waals surface area contributed by atoms with E-state index in [4.69, 9.17) is 16.9 Å². The van der Waals surface area contributed by atoms with Crippen molar-refractivity contribution in [2.24, 2.45) is 0 Å². The van der Waals surface area contributed by atoms with Crippen LogP contribution in [0.15, 0.2) is 40.3 Å². The molecule has 1 aliphatic rings. The number of halogens is 1. The molecule has 1 saturated heterocycles. The summed E-state index contributed by atoms with van der Waals surface area (Å²) in [4.78, 5) is 35.1. The summed E-state index contributed by atoms with van der Waals surface area (Å²) in [5.41, 5.74) is 0.576. The Morgan fingerprint density at radius 1 is 1.38 bits per heavy atom. The van der Waals surface area contributed by atoms with E-state index < -0.39 is 16.1 Å². The zero-order chi connectivity index (χ0) is 17.7. The third kappa shape index (κ3) is 4.22. The predicted molar refractivity (Wildman–Crippen MR) is 89.9 cm³/mol. The molecule has 2 rings (SSSR count). The van der Waals surface area contributed by atoms with Crippen LogP contribution in [-0.4, -0.2) is 27.5 Å². The first-order valence-electron chi connectivity index (χ1n) is 6.66. The van der Waals surface area contributed by atoms with Crippen LogP contribution < -0.4 is 0 Å². The van der Waals surface area contributed by atoms with Gasteiger partial charge in [-0.05, 0) is 41.6 Å². The van der Waals surface area contributed by atoms with Crippen LogP contribution in [0.2, 0.25) is 0 Å². The lowest BCUT2D eigenvalue weighted by Crippen LogP contribution is -2.28. The van der Waals surface area contributed by atoms with E-state index in [1.54, 1.807) is 0 Å². The molecule has 1 heterocycles. The van der Waals surface area contributed by atoms with E-state index in [-0.39, 0.29) is 28.6 Å². The van der Waals surface area contributed by atoms with Gasteiger partial charge >= 0.3 is 0 Å². The number of amides is 2. The molecule has 0 atom stereocenters. The quantitative estimate of drug-likeness (QED) is 0.449. The van der Waals surface area contributed by atoms with Gasteiger partial charge in [-0.15, -0.1) is 0 Å². The van der Waals surface area contributed by atoms with Crippen LogP contribution >= 0.6 is 23.4 Å². The first-order valence-corrected chi connectivity index (χ1v) is 7.86. The summed E-state index contributed by atoms with van der Waals surface area (Å²) in [6.45, 7) is 0.0438. The van der Waals surface area contributed by atoms with Crippen molar-refractivity contribution in [1.29, 1.82) is 5.26 Å². The van der Waals surface area contributed by atoms with Crippen molar-refractivity contribution in [3.05, 3.63) is 56.0 Å². The lowest BCUT2D eigenvalue weighted by molar-refractivity contribution is -0.384. The van der Waals surface area contributed by atoms with Gasteiger partial charge < -0.3 is 0 Å². The highest BCUT2D eigenvalue weighted by Gasteiger charge is 2.34. The minimum atomic E-state index is -0.508. The summed E-state index contributed by atoms with van der Waals surface area (Å²) in [5, 5.41) is 18.9. The SMILES string of the molecule is N#CCCN1C(=O)S/C(=C\C(Cl)=C\c2ccc([N+](=O)[O-])cc2)C1=O. The van der Waals surface area contributed by atoms with Gasteiger partial charge in [0.15, 0.2) is 0 Å². The highest BCUT2D eigenvalue weighted by Crippen LogP contribution is 2.32. The third-order valence-corrected chi connectivity index (χ3v) is 4.12. The highest BCUT2D eigenvalue weighted by atomic mass is 35.5. The van der Waals surface area contributed by atoms with Crippen molar-refractivity contribution in [2.75, 3.05) is 6.54 Å². The van der Waals surface area contributed by atoms with Crippen LogP contribution in [0, 0.1) is 21.4 Å². The number of nitro benzene ring substituents is 1. The van der Waals surface area contributed by atoms with Crippen LogP contribution in [-0.2, 0) is 4.79 Å². The van der Waals surface area contributed by atoms with Crippen molar-refractivity contribution in [1.82, 2.24) is 4.90 Å². The number of benzene rings is 1. The fraction of sp³-hybridized carbons (Fsp3) is 0.133. The van der Waals surface area contributed by atoms with Gasteiger partial charge in [0.05, 0.1) is 22.3 Å². The molecule has 1 aliphatic heterocycles. The number of carbonyl (C=O) groups excluding carboxylic acids is 2. The predicted octanol–water partition coefficient (Wildman–Crippen LogP) is 3.67. The number of thioether (sulfide) groups is 1. The Balaban J connectivity index is 2.15. The minimum Gasteiger partial charge on any atom is -0.268 e. The number of carbonyl (C=O) groups is 2. The Morgan fingerprint density at radius 3 is 2.62 bits per heavy atom. The Kier molecular flexibility index (Phi) is 5.73. The van der Waals surface area contributed by atoms with Gasteiger partial charge in [0.25, 0.3) is 16.8 Å². The Labute approximate surface area is 146 Å². The van der Waals surface area contributed by atoms with Crippen molar-refractivity contribution in [3.63, 3.8) is 0 Å². The lowest BCUT2D eigenvalue weighted by atomic mass is 10.2. The van der Waals surface area contributed by atoms with Crippen molar-refractivity contribution < 1.29 is 14.5 Å². The summed E-state index contributed by atoms with van der Waals surface area (Å²) in [6.07, 6.45) is 2.95. The standard InChI is InChI=1S/C15H10ClN3O4S/c16-11(8-10-2-4-12(5-3-10)19(22)23)9-13-14(20)18(7-1-6-17)15(21)24-13/h2-5,8-9H,1,7H2/b11-8-,13-9-. The van der Waals surface area contributed by atoms with Crippen LogP contribution in [0.5, 0.6) is 0 Å². The average molecular weight is 364 g/mol. The maximum absolute atomic E-state index is 12.1. The molecular formula is C15H10ClN3O4S. The lowest BCUT2D eigenvalue weighted by Gasteiger charge is -2.08. The number of nitro groups is 1. The average Bonchev–Trinajstić information content (AvgIpc) is 2.79. The molecule has 0 N–H and O–H groups in total.